The molecular weight excluding hydrogens is 404 g/mol. The molecule has 4 nitrogen and oxygen atoms in total. The van der Waals surface area contributed by atoms with E-state index >= 15 is 0 Å². The molecule has 4 aliphatic carbocycles. The van der Waals surface area contributed by atoms with Crippen LogP contribution in [-0.4, -0.2) is 28.5 Å². The van der Waals surface area contributed by atoms with E-state index in [4.69, 9.17) is 0 Å². The summed E-state index contributed by atoms with van der Waals surface area (Å²) in [6.07, 6.45) is 5.46. The lowest BCUT2D eigenvalue weighted by Gasteiger charge is -2.49. The zero-order chi connectivity index (χ0) is 20.9. The third-order valence-electron chi connectivity index (χ3n) is 7.50. The van der Waals surface area contributed by atoms with Gasteiger partial charge in [0.2, 0.25) is 0 Å². The molecule has 6 rings (SSSR count). The van der Waals surface area contributed by atoms with E-state index in [2.05, 4.69) is 22.6 Å². The molecule has 0 unspecified atom stereocenters. The summed E-state index contributed by atoms with van der Waals surface area (Å²) in [6.45, 7) is 0. The van der Waals surface area contributed by atoms with Crippen molar-refractivity contribution in [1.29, 1.82) is 0 Å². The van der Waals surface area contributed by atoms with Crippen LogP contribution in [0.2, 0.25) is 0 Å². The Kier molecular flexibility index (Phi) is 3.71. The number of rotatable bonds is 0. The standard InChI is InChI=1S/C17H18F3N4.BF4/c1-23-15-16(17(18,19)20)11-5-4-9(7-11)13(16)12-8-2-3-10(6-8)14(12)24(15)22-21-23;2-1(3,4)5/h2-5,8-14H,6-7H2,1H3;/q+1;-1/t8-,9-,10+,11+,12-,13-,14-,16+;/m1./s1. The molecule has 29 heavy (non-hydrogen) atoms. The minimum atomic E-state index is -6.00. The molecule has 4 bridgehead atoms. The van der Waals surface area contributed by atoms with Crippen molar-refractivity contribution in [3.63, 3.8) is 0 Å². The maximum absolute atomic E-state index is 14.6. The lowest BCUT2D eigenvalue weighted by atomic mass is 9.57. The number of fused-ring (bicyclic) bond motifs is 14. The van der Waals surface area contributed by atoms with Gasteiger partial charge < -0.3 is 17.3 Å². The zero-order valence-corrected chi connectivity index (χ0v) is 15.3. The first kappa shape index (κ1) is 19.1. The molecule has 0 radical (unpaired) electrons. The van der Waals surface area contributed by atoms with Gasteiger partial charge in [0.05, 0.1) is 7.05 Å². The summed E-state index contributed by atoms with van der Waals surface area (Å²) in [5.41, 5.74) is -1.83. The Hall–Kier alpha value is -1.88. The van der Waals surface area contributed by atoms with Gasteiger partial charge in [-0.05, 0) is 30.6 Å². The van der Waals surface area contributed by atoms with Crippen LogP contribution < -0.4 is 4.68 Å². The van der Waals surface area contributed by atoms with Crippen LogP contribution in [0.3, 0.4) is 0 Å². The molecule has 8 atom stereocenters. The molecule has 12 heteroatoms. The van der Waals surface area contributed by atoms with Crippen molar-refractivity contribution >= 4 is 7.25 Å². The van der Waals surface area contributed by atoms with Gasteiger partial charge in [-0.2, -0.15) is 13.2 Å². The number of hydrogen-bond donors (Lipinski definition) is 0. The van der Waals surface area contributed by atoms with Crippen molar-refractivity contribution in [2.45, 2.75) is 30.5 Å². The van der Waals surface area contributed by atoms with Gasteiger partial charge in [0.15, 0.2) is 10.6 Å². The van der Waals surface area contributed by atoms with Gasteiger partial charge in [0.1, 0.15) is 11.3 Å². The van der Waals surface area contributed by atoms with Crippen LogP contribution >= 0.6 is 0 Å². The second-order valence-electron chi connectivity index (χ2n) is 8.67. The van der Waals surface area contributed by atoms with Crippen LogP contribution in [0, 0.1) is 35.5 Å². The number of tetrazole rings is 1. The molecule has 0 amide bonds. The largest absolute Gasteiger partial charge is 0.673 e. The first-order valence-corrected chi connectivity index (χ1v) is 9.57. The smallest absolute Gasteiger partial charge is 0.418 e. The van der Waals surface area contributed by atoms with Gasteiger partial charge in [-0.3, -0.25) is 0 Å². The molecule has 0 N–H and O–H groups in total. The fourth-order valence-corrected chi connectivity index (χ4v) is 7.00. The van der Waals surface area contributed by atoms with E-state index in [1.54, 1.807) is 17.8 Å². The normalized spacial score (nSPS) is 43.1. The van der Waals surface area contributed by atoms with Crippen LogP contribution in [0.5, 0.6) is 0 Å². The third-order valence-corrected chi connectivity index (χ3v) is 7.50. The van der Waals surface area contributed by atoms with E-state index < -0.39 is 24.8 Å². The van der Waals surface area contributed by atoms with Crippen molar-refractivity contribution < 1.29 is 35.1 Å². The summed E-state index contributed by atoms with van der Waals surface area (Å²) < 4.78 is 86.0. The predicted octanol–water partition coefficient (Wildman–Crippen LogP) is 3.40. The van der Waals surface area contributed by atoms with Crippen molar-refractivity contribution in [3.8, 4) is 0 Å². The van der Waals surface area contributed by atoms with Crippen molar-refractivity contribution in [3.05, 3.63) is 30.1 Å². The van der Waals surface area contributed by atoms with Gasteiger partial charge in [0, 0.05) is 17.8 Å². The fourth-order valence-electron chi connectivity index (χ4n) is 7.00. The highest BCUT2D eigenvalue weighted by molar-refractivity contribution is 6.50. The summed E-state index contributed by atoms with van der Waals surface area (Å²) in [5.74, 6) is 0.0157. The molecule has 2 saturated carbocycles. The molecule has 2 heterocycles. The molecule has 1 aromatic heterocycles. The van der Waals surface area contributed by atoms with Gasteiger partial charge >= 0.3 is 13.4 Å². The Bertz CT molecular complexity index is 901. The highest BCUT2D eigenvalue weighted by Gasteiger charge is 2.80. The minimum absolute atomic E-state index is 0.0239. The predicted molar refractivity (Wildman–Crippen MR) is 86.6 cm³/mol. The van der Waals surface area contributed by atoms with Crippen molar-refractivity contribution in [2.24, 2.45) is 42.6 Å². The van der Waals surface area contributed by atoms with Crippen LogP contribution in [0.1, 0.15) is 24.7 Å². The molecule has 158 valence electrons. The summed E-state index contributed by atoms with van der Waals surface area (Å²) in [7, 11) is -4.39. The lowest BCUT2D eigenvalue weighted by Crippen LogP contribution is -2.64. The second kappa shape index (κ2) is 5.63. The third kappa shape index (κ3) is 2.37. The SMILES string of the molecule is C[n+]1nnn2c1[C@@]1(C(F)(F)F)[C@@H]([C@@H]3[C@H]2[C@H]2C=C[C@@H]3C2)[C@@H]2C=C[C@H]1C2.F[B-](F)(F)F. The Balaban J connectivity index is 0.000000328. The zero-order valence-electron chi connectivity index (χ0n) is 15.3. The van der Waals surface area contributed by atoms with Crippen LogP contribution in [0.4, 0.5) is 30.4 Å². The summed E-state index contributed by atoms with van der Waals surface area (Å²) in [4.78, 5) is 0. The molecule has 2 fully saturated rings. The van der Waals surface area contributed by atoms with E-state index in [1.165, 1.54) is 4.68 Å². The lowest BCUT2D eigenvalue weighted by molar-refractivity contribution is -0.745. The Labute approximate surface area is 161 Å². The molecule has 1 aliphatic heterocycles. The maximum atomic E-state index is 14.6. The number of alkyl halides is 3. The van der Waals surface area contributed by atoms with Crippen LogP contribution in [0.15, 0.2) is 24.3 Å². The van der Waals surface area contributed by atoms with E-state index in [0.717, 1.165) is 6.42 Å². The summed E-state index contributed by atoms with van der Waals surface area (Å²) >= 11 is 0. The van der Waals surface area contributed by atoms with Crippen molar-refractivity contribution in [2.75, 3.05) is 0 Å². The first-order valence-electron chi connectivity index (χ1n) is 9.57. The van der Waals surface area contributed by atoms with Crippen LogP contribution in [-0.2, 0) is 12.5 Å². The van der Waals surface area contributed by atoms with E-state index in [9.17, 15) is 30.4 Å². The highest BCUT2D eigenvalue weighted by Crippen LogP contribution is 2.72. The quantitative estimate of drug-likeness (QED) is 0.278. The van der Waals surface area contributed by atoms with Crippen LogP contribution in [0.25, 0.3) is 0 Å². The van der Waals surface area contributed by atoms with E-state index in [-0.39, 0.29) is 35.5 Å². The highest BCUT2D eigenvalue weighted by atomic mass is 19.5. The molecule has 1 aromatic rings. The average Bonchev–Trinajstić information content (AvgIpc) is 3.37. The fraction of sp³-hybridized carbons (Fsp3) is 0.706. The monoisotopic (exact) mass is 422 g/mol. The second-order valence-corrected chi connectivity index (χ2v) is 8.67. The minimum Gasteiger partial charge on any atom is -0.418 e. The molecule has 0 spiro atoms. The van der Waals surface area contributed by atoms with Gasteiger partial charge in [0.25, 0.3) is 5.82 Å². The number of aromatic nitrogens is 4. The van der Waals surface area contributed by atoms with Crippen molar-refractivity contribution in [1.82, 2.24) is 15.1 Å². The summed E-state index contributed by atoms with van der Waals surface area (Å²) in [6, 6.07) is 0.0388. The molecule has 0 aromatic carbocycles. The Morgan fingerprint density at radius 3 is 2.31 bits per heavy atom. The Morgan fingerprint density at radius 1 is 1.03 bits per heavy atom. The number of hydrogen-bond acceptors (Lipinski definition) is 2. The first-order chi connectivity index (χ1) is 13.4. The van der Waals surface area contributed by atoms with E-state index in [0.29, 0.717) is 12.3 Å². The number of halogens is 7. The van der Waals surface area contributed by atoms with E-state index in [1.807, 2.05) is 6.08 Å². The van der Waals surface area contributed by atoms with Gasteiger partial charge in [-0.15, -0.1) is 4.68 Å². The number of allylic oxidation sites excluding steroid dienone is 4. The topological polar surface area (TPSA) is 34.6 Å². The molecule has 0 saturated heterocycles. The summed E-state index contributed by atoms with van der Waals surface area (Å²) in [5, 5.41) is 8.22. The molecule has 5 aliphatic rings. The number of nitrogens with zero attached hydrogens (tertiary/aromatic N) is 4. The molecular formula is C17H18BF7N4. The Morgan fingerprint density at radius 2 is 1.66 bits per heavy atom. The van der Waals surface area contributed by atoms with Gasteiger partial charge in [-0.1, -0.05) is 29.0 Å². The van der Waals surface area contributed by atoms with Gasteiger partial charge in [-0.25, -0.2) is 0 Å². The number of aryl methyl sites for hydroxylation is 1. The average molecular weight is 422 g/mol. The maximum Gasteiger partial charge on any atom is 0.673 e.